The highest BCUT2D eigenvalue weighted by Gasteiger charge is 2.08. The maximum absolute atomic E-state index is 9.99. The van der Waals surface area contributed by atoms with E-state index in [0.717, 1.165) is 32.5 Å². The van der Waals surface area contributed by atoms with Crippen molar-refractivity contribution >= 4 is 6.29 Å². The Kier molecular flexibility index (Phi) is 3.11. The maximum Gasteiger partial charge on any atom is 0.144 e. The number of likely N-dealkylation sites (N-methyl/N-ethyl adjacent to an activating group) is 1. The largest absolute Gasteiger partial charge is 0.375 e. The van der Waals surface area contributed by atoms with Crippen LogP contribution in [-0.2, 0) is 4.79 Å². The van der Waals surface area contributed by atoms with Crippen LogP contribution in [0.3, 0.4) is 0 Å². The average molecular weight is 154 g/mol. The summed E-state index contributed by atoms with van der Waals surface area (Å²) in [4.78, 5) is 14.4. The Hall–Kier alpha value is -0.830. The van der Waals surface area contributed by atoms with E-state index in [1.807, 2.05) is 6.20 Å². The molecule has 1 saturated heterocycles. The Balaban J connectivity index is 2.27. The highest BCUT2D eigenvalue weighted by Crippen LogP contribution is 1.98. The second kappa shape index (κ2) is 4.13. The molecule has 1 aliphatic heterocycles. The molecule has 0 amide bonds. The molecule has 0 aliphatic carbocycles. The number of carbonyl (C=O) groups is 1. The van der Waals surface area contributed by atoms with Crippen molar-refractivity contribution in [3.05, 3.63) is 12.3 Å². The second-order valence-electron chi connectivity index (χ2n) is 2.82. The summed E-state index contributed by atoms with van der Waals surface area (Å²) in [6.45, 7) is 4.23. The number of hydrogen-bond acceptors (Lipinski definition) is 3. The lowest BCUT2D eigenvalue weighted by Crippen LogP contribution is -2.41. The molecule has 1 rings (SSSR count). The molecule has 11 heavy (non-hydrogen) atoms. The zero-order chi connectivity index (χ0) is 8.10. The minimum absolute atomic E-state index is 0.818. The zero-order valence-electron chi connectivity index (χ0n) is 6.86. The summed E-state index contributed by atoms with van der Waals surface area (Å²) in [7, 11) is 2.11. The topological polar surface area (TPSA) is 23.6 Å². The summed E-state index contributed by atoms with van der Waals surface area (Å²) in [5, 5.41) is 0. The molecule has 0 unspecified atom stereocenters. The van der Waals surface area contributed by atoms with Crippen molar-refractivity contribution in [2.24, 2.45) is 0 Å². The van der Waals surface area contributed by atoms with Crippen LogP contribution in [0.1, 0.15) is 0 Å². The summed E-state index contributed by atoms with van der Waals surface area (Å²) in [6, 6.07) is 0. The van der Waals surface area contributed by atoms with Crippen LogP contribution in [0.25, 0.3) is 0 Å². The van der Waals surface area contributed by atoms with Gasteiger partial charge in [-0.15, -0.1) is 0 Å². The van der Waals surface area contributed by atoms with E-state index >= 15 is 0 Å². The van der Waals surface area contributed by atoms with Gasteiger partial charge in [0.2, 0.25) is 0 Å². The third-order valence-corrected chi connectivity index (χ3v) is 1.91. The van der Waals surface area contributed by atoms with Crippen molar-refractivity contribution in [2.75, 3.05) is 33.2 Å². The summed E-state index contributed by atoms with van der Waals surface area (Å²) in [6.07, 6.45) is 4.23. The summed E-state index contributed by atoms with van der Waals surface area (Å²) < 4.78 is 0. The number of piperazine rings is 1. The Morgan fingerprint density at radius 3 is 2.36 bits per heavy atom. The SMILES string of the molecule is CN1CCN(C=CC=O)CC1. The lowest BCUT2D eigenvalue weighted by atomic mass is 10.3. The number of hydrogen-bond donors (Lipinski definition) is 0. The van der Waals surface area contributed by atoms with Crippen LogP contribution in [0, 0.1) is 0 Å². The van der Waals surface area contributed by atoms with Gasteiger partial charge in [-0.1, -0.05) is 0 Å². The molecule has 0 aromatic carbocycles. The first kappa shape index (κ1) is 8.27. The number of allylic oxidation sites excluding steroid dienone is 1. The van der Waals surface area contributed by atoms with Crippen molar-refractivity contribution < 1.29 is 4.79 Å². The fourth-order valence-corrected chi connectivity index (χ4v) is 1.13. The van der Waals surface area contributed by atoms with Crippen molar-refractivity contribution in [3.63, 3.8) is 0 Å². The van der Waals surface area contributed by atoms with Crippen molar-refractivity contribution in [3.8, 4) is 0 Å². The van der Waals surface area contributed by atoms with Gasteiger partial charge in [-0.3, -0.25) is 4.79 Å². The van der Waals surface area contributed by atoms with Crippen molar-refractivity contribution in [1.29, 1.82) is 0 Å². The van der Waals surface area contributed by atoms with Gasteiger partial charge in [-0.25, -0.2) is 0 Å². The minimum atomic E-state index is 0.818. The zero-order valence-corrected chi connectivity index (χ0v) is 6.86. The number of aldehydes is 1. The molecule has 1 heterocycles. The number of rotatable bonds is 2. The molecular formula is C8H14N2O. The molecule has 1 fully saturated rings. The summed E-state index contributed by atoms with van der Waals surface area (Å²) in [5.41, 5.74) is 0. The first-order valence-corrected chi connectivity index (χ1v) is 3.87. The highest BCUT2D eigenvalue weighted by atomic mass is 16.1. The maximum atomic E-state index is 9.99. The van der Waals surface area contributed by atoms with E-state index in [2.05, 4.69) is 16.8 Å². The Labute approximate surface area is 67.3 Å². The van der Waals surface area contributed by atoms with Crippen LogP contribution in [0.4, 0.5) is 0 Å². The normalized spacial score (nSPS) is 21.0. The molecule has 3 nitrogen and oxygen atoms in total. The van der Waals surface area contributed by atoms with Gasteiger partial charge in [-0.05, 0) is 13.1 Å². The Morgan fingerprint density at radius 2 is 1.82 bits per heavy atom. The molecule has 0 aromatic heterocycles. The summed E-state index contributed by atoms with van der Waals surface area (Å²) >= 11 is 0. The van der Waals surface area contributed by atoms with Crippen LogP contribution < -0.4 is 0 Å². The molecule has 0 saturated carbocycles. The smallest absolute Gasteiger partial charge is 0.144 e. The number of nitrogens with zero attached hydrogens (tertiary/aromatic N) is 2. The highest BCUT2D eigenvalue weighted by molar-refractivity contribution is 5.64. The van der Waals surface area contributed by atoms with E-state index in [1.165, 1.54) is 0 Å². The van der Waals surface area contributed by atoms with Crippen LogP contribution in [0.2, 0.25) is 0 Å². The first-order valence-electron chi connectivity index (χ1n) is 3.87. The van der Waals surface area contributed by atoms with E-state index in [4.69, 9.17) is 0 Å². The van der Waals surface area contributed by atoms with Gasteiger partial charge in [0.25, 0.3) is 0 Å². The van der Waals surface area contributed by atoms with Gasteiger partial charge in [0, 0.05) is 32.4 Å². The predicted octanol–water partition coefficient (Wildman–Crippen LogP) is -0.0536. The molecule has 0 N–H and O–H groups in total. The second-order valence-corrected chi connectivity index (χ2v) is 2.82. The van der Waals surface area contributed by atoms with Gasteiger partial charge >= 0.3 is 0 Å². The molecule has 0 bridgehead atoms. The third kappa shape index (κ3) is 2.72. The average Bonchev–Trinajstić information content (AvgIpc) is 2.04. The molecular weight excluding hydrogens is 140 g/mol. The lowest BCUT2D eigenvalue weighted by Gasteiger charge is -2.31. The van der Waals surface area contributed by atoms with E-state index < -0.39 is 0 Å². The molecule has 0 radical (unpaired) electrons. The van der Waals surface area contributed by atoms with Gasteiger partial charge in [0.05, 0.1) is 0 Å². The first-order chi connectivity index (χ1) is 5.33. The monoisotopic (exact) mass is 154 g/mol. The van der Waals surface area contributed by atoms with Gasteiger partial charge < -0.3 is 9.80 Å². The molecule has 62 valence electrons. The van der Waals surface area contributed by atoms with Crippen LogP contribution in [-0.4, -0.2) is 49.3 Å². The van der Waals surface area contributed by atoms with E-state index in [0.29, 0.717) is 0 Å². The van der Waals surface area contributed by atoms with Crippen LogP contribution >= 0.6 is 0 Å². The Morgan fingerprint density at radius 1 is 1.18 bits per heavy atom. The number of carbonyl (C=O) groups excluding carboxylic acids is 1. The molecule has 0 atom stereocenters. The van der Waals surface area contributed by atoms with Crippen molar-refractivity contribution in [1.82, 2.24) is 9.80 Å². The van der Waals surface area contributed by atoms with Gasteiger partial charge in [-0.2, -0.15) is 0 Å². The molecule has 3 heteroatoms. The quantitative estimate of drug-likeness (QED) is 0.411. The van der Waals surface area contributed by atoms with E-state index in [9.17, 15) is 4.79 Å². The molecule has 0 aromatic rings. The van der Waals surface area contributed by atoms with E-state index in [1.54, 1.807) is 6.08 Å². The fraction of sp³-hybridized carbons (Fsp3) is 0.625. The van der Waals surface area contributed by atoms with Gasteiger partial charge in [0.15, 0.2) is 0 Å². The standard InChI is InChI=1S/C8H14N2O/c1-9-4-6-10(7-5-9)3-2-8-11/h2-3,8H,4-7H2,1H3. The van der Waals surface area contributed by atoms with Crippen LogP contribution in [0.15, 0.2) is 12.3 Å². The fourth-order valence-electron chi connectivity index (χ4n) is 1.13. The Bertz CT molecular complexity index is 148. The minimum Gasteiger partial charge on any atom is -0.375 e. The summed E-state index contributed by atoms with van der Waals surface area (Å²) in [5.74, 6) is 0. The molecule has 1 aliphatic rings. The third-order valence-electron chi connectivity index (χ3n) is 1.91. The van der Waals surface area contributed by atoms with Gasteiger partial charge in [0.1, 0.15) is 6.29 Å². The lowest BCUT2D eigenvalue weighted by molar-refractivity contribution is -0.104. The van der Waals surface area contributed by atoms with Crippen LogP contribution in [0.5, 0.6) is 0 Å². The predicted molar refractivity (Wildman–Crippen MR) is 44.3 cm³/mol. The van der Waals surface area contributed by atoms with Crippen molar-refractivity contribution in [2.45, 2.75) is 0 Å². The van der Waals surface area contributed by atoms with E-state index in [-0.39, 0.29) is 0 Å². The molecule has 0 spiro atoms.